The van der Waals surface area contributed by atoms with Crippen LogP contribution in [0.25, 0.3) is 0 Å². The van der Waals surface area contributed by atoms with Crippen LogP contribution in [0.1, 0.15) is 65.7 Å². The second-order valence-corrected chi connectivity index (χ2v) is 7.14. The topological polar surface area (TPSA) is 79.5 Å². The van der Waals surface area contributed by atoms with Crippen molar-refractivity contribution in [3.05, 3.63) is 0 Å². The summed E-state index contributed by atoms with van der Waals surface area (Å²) in [7, 11) is 0. The Morgan fingerprint density at radius 2 is 1.70 bits per heavy atom. The Labute approximate surface area is 140 Å². The normalized spacial score (nSPS) is 18.3. The number of unbranched alkanes of at least 4 members (excludes halogenated alkanes) is 3. The fourth-order valence-electron chi connectivity index (χ4n) is 2.52. The number of alkyl carbamates (subject to hydrolysis) is 1. The SMILES string of the molecule is CC(C)(C)OC(=O)NCCCCCCNC(=O)C1CCCCN1. The second-order valence-electron chi connectivity index (χ2n) is 7.14. The molecule has 0 aromatic carbocycles. The van der Waals surface area contributed by atoms with Gasteiger partial charge in [0.15, 0.2) is 0 Å². The van der Waals surface area contributed by atoms with Gasteiger partial charge in [-0.1, -0.05) is 19.3 Å². The fraction of sp³-hybridized carbons (Fsp3) is 0.882. The first-order valence-corrected chi connectivity index (χ1v) is 8.86. The molecule has 2 amide bonds. The summed E-state index contributed by atoms with van der Waals surface area (Å²) in [4.78, 5) is 23.3. The van der Waals surface area contributed by atoms with Gasteiger partial charge < -0.3 is 20.7 Å². The molecule has 1 aliphatic rings. The summed E-state index contributed by atoms with van der Waals surface area (Å²) in [6.07, 6.45) is 6.88. The summed E-state index contributed by atoms with van der Waals surface area (Å²) in [5.74, 6) is 0.135. The average Bonchev–Trinajstić information content (AvgIpc) is 2.48. The predicted molar refractivity (Wildman–Crippen MR) is 91.4 cm³/mol. The van der Waals surface area contributed by atoms with Crippen molar-refractivity contribution in [2.75, 3.05) is 19.6 Å². The van der Waals surface area contributed by atoms with E-state index < -0.39 is 5.60 Å². The molecule has 0 radical (unpaired) electrons. The van der Waals surface area contributed by atoms with Crippen molar-refractivity contribution in [2.24, 2.45) is 0 Å². The molecular weight excluding hydrogens is 294 g/mol. The number of amides is 2. The van der Waals surface area contributed by atoms with Crippen LogP contribution >= 0.6 is 0 Å². The highest BCUT2D eigenvalue weighted by molar-refractivity contribution is 5.81. The first kappa shape index (κ1) is 19.7. The van der Waals surface area contributed by atoms with Crippen molar-refractivity contribution in [1.29, 1.82) is 0 Å². The number of ether oxygens (including phenoxy) is 1. The lowest BCUT2D eigenvalue weighted by Gasteiger charge is -2.22. The summed E-state index contributed by atoms with van der Waals surface area (Å²) in [5.41, 5.74) is -0.449. The van der Waals surface area contributed by atoms with E-state index in [4.69, 9.17) is 4.74 Å². The van der Waals surface area contributed by atoms with Crippen LogP contribution in [0.4, 0.5) is 4.79 Å². The van der Waals surface area contributed by atoms with Gasteiger partial charge in [0.2, 0.25) is 5.91 Å². The van der Waals surface area contributed by atoms with Crippen molar-refractivity contribution in [3.8, 4) is 0 Å². The Bertz CT molecular complexity index is 361. The van der Waals surface area contributed by atoms with Crippen molar-refractivity contribution in [3.63, 3.8) is 0 Å². The molecule has 0 aromatic heterocycles. The highest BCUT2D eigenvalue weighted by atomic mass is 16.6. The third kappa shape index (κ3) is 10.2. The standard InChI is InChI=1S/C17H33N3O3/c1-17(2,3)23-16(22)20-13-8-5-4-7-12-19-15(21)14-10-6-9-11-18-14/h14,18H,4-13H2,1-3H3,(H,19,21)(H,20,22). The monoisotopic (exact) mass is 327 g/mol. The van der Waals surface area contributed by atoms with Crippen LogP contribution in [-0.2, 0) is 9.53 Å². The van der Waals surface area contributed by atoms with Crippen LogP contribution in [0.3, 0.4) is 0 Å². The molecule has 1 heterocycles. The minimum atomic E-state index is -0.449. The van der Waals surface area contributed by atoms with Gasteiger partial charge in [0.1, 0.15) is 5.60 Å². The summed E-state index contributed by atoms with van der Waals surface area (Å²) < 4.78 is 5.16. The molecule has 1 rings (SSSR count). The van der Waals surface area contributed by atoms with E-state index in [0.29, 0.717) is 6.54 Å². The Kier molecular flexibility index (Phi) is 8.99. The van der Waals surface area contributed by atoms with Gasteiger partial charge in [0, 0.05) is 13.1 Å². The molecule has 6 nitrogen and oxygen atoms in total. The number of hydrogen-bond acceptors (Lipinski definition) is 4. The predicted octanol–water partition coefficient (Wildman–Crippen LogP) is 2.33. The van der Waals surface area contributed by atoms with E-state index in [9.17, 15) is 9.59 Å². The van der Waals surface area contributed by atoms with E-state index in [0.717, 1.165) is 51.6 Å². The third-order valence-corrected chi connectivity index (χ3v) is 3.70. The Hall–Kier alpha value is -1.30. The van der Waals surface area contributed by atoms with Gasteiger partial charge >= 0.3 is 6.09 Å². The quantitative estimate of drug-likeness (QED) is 0.598. The number of carbonyl (C=O) groups excluding carboxylic acids is 2. The lowest BCUT2D eigenvalue weighted by atomic mass is 10.0. The average molecular weight is 327 g/mol. The van der Waals surface area contributed by atoms with Crippen LogP contribution in [0.5, 0.6) is 0 Å². The number of rotatable bonds is 8. The van der Waals surface area contributed by atoms with Gasteiger partial charge in [-0.3, -0.25) is 4.79 Å². The van der Waals surface area contributed by atoms with E-state index in [-0.39, 0.29) is 18.0 Å². The summed E-state index contributed by atoms with van der Waals surface area (Å²) in [6.45, 7) is 7.86. The van der Waals surface area contributed by atoms with Crippen LogP contribution in [0.2, 0.25) is 0 Å². The van der Waals surface area contributed by atoms with Gasteiger partial charge in [0.25, 0.3) is 0 Å². The molecule has 0 saturated carbocycles. The maximum atomic E-state index is 11.9. The number of piperidine rings is 1. The molecule has 134 valence electrons. The molecule has 1 atom stereocenters. The molecule has 1 fully saturated rings. The highest BCUT2D eigenvalue weighted by Crippen LogP contribution is 2.07. The smallest absolute Gasteiger partial charge is 0.407 e. The molecule has 0 aromatic rings. The summed E-state index contributed by atoms with van der Waals surface area (Å²) >= 11 is 0. The van der Waals surface area contributed by atoms with Crippen LogP contribution in [0.15, 0.2) is 0 Å². The molecular formula is C17H33N3O3. The second kappa shape index (κ2) is 10.5. The van der Waals surface area contributed by atoms with E-state index in [1.807, 2.05) is 20.8 Å². The van der Waals surface area contributed by atoms with Crippen molar-refractivity contribution < 1.29 is 14.3 Å². The molecule has 0 bridgehead atoms. The maximum absolute atomic E-state index is 11.9. The van der Waals surface area contributed by atoms with Crippen molar-refractivity contribution in [2.45, 2.75) is 77.4 Å². The van der Waals surface area contributed by atoms with Gasteiger partial charge in [-0.15, -0.1) is 0 Å². The van der Waals surface area contributed by atoms with Crippen LogP contribution in [0, 0.1) is 0 Å². The number of hydrogen-bond donors (Lipinski definition) is 3. The maximum Gasteiger partial charge on any atom is 0.407 e. The molecule has 1 unspecified atom stereocenters. The first-order valence-electron chi connectivity index (χ1n) is 8.86. The minimum Gasteiger partial charge on any atom is -0.444 e. The van der Waals surface area contributed by atoms with Crippen molar-refractivity contribution in [1.82, 2.24) is 16.0 Å². The van der Waals surface area contributed by atoms with Gasteiger partial charge in [-0.25, -0.2) is 4.79 Å². The zero-order valence-corrected chi connectivity index (χ0v) is 14.9. The Balaban J connectivity index is 1.91. The molecule has 6 heteroatoms. The van der Waals surface area contributed by atoms with E-state index in [1.165, 1.54) is 6.42 Å². The first-order chi connectivity index (χ1) is 10.9. The minimum absolute atomic E-state index is 0.00165. The van der Waals surface area contributed by atoms with Crippen LogP contribution in [-0.4, -0.2) is 43.3 Å². The number of carbonyl (C=O) groups is 2. The van der Waals surface area contributed by atoms with Gasteiger partial charge in [0.05, 0.1) is 6.04 Å². The lowest BCUT2D eigenvalue weighted by molar-refractivity contribution is -0.123. The number of nitrogens with one attached hydrogen (secondary N) is 3. The van der Waals surface area contributed by atoms with Gasteiger partial charge in [-0.05, 0) is 53.0 Å². The van der Waals surface area contributed by atoms with E-state index >= 15 is 0 Å². The molecule has 1 saturated heterocycles. The molecule has 1 aliphatic heterocycles. The zero-order chi connectivity index (χ0) is 17.1. The Morgan fingerprint density at radius 1 is 1.04 bits per heavy atom. The highest BCUT2D eigenvalue weighted by Gasteiger charge is 2.19. The summed E-state index contributed by atoms with van der Waals surface area (Å²) in [6, 6.07) is 0.00165. The van der Waals surface area contributed by atoms with Gasteiger partial charge in [-0.2, -0.15) is 0 Å². The molecule has 23 heavy (non-hydrogen) atoms. The van der Waals surface area contributed by atoms with E-state index in [2.05, 4.69) is 16.0 Å². The zero-order valence-electron chi connectivity index (χ0n) is 14.9. The molecule has 0 aliphatic carbocycles. The Morgan fingerprint density at radius 3 is 2.26 bits per heavy atom. The van der Waals surface area contributed by atoms with E-state index in [1.54, 1.807) is 0 Å². The fourth-order valence-corrected chi connectivity index (χ4v) is 2.52. The summed E-state index contributed by atoms with van der Waals surface area (Å²) in [5, 5.41) is 9.00. The lowest BCUT2D eigenvalue weighted by Crippen LogP contribution is -2.46. The molecule has 3 N–H and O–H groups in total. The van der Waals surface area contributed by atoms with Crippen molar-refractivity contribution >= 4 is 12.0 Å². The van der Waals surface area contributed by atoms with Crippen LogP contribution < -0.4 is 16.0 Å². The largest absolute Gasteiger partial charge is 0.444 e. The molecule has 0 spiro atoms. The third-order valence-electron chi connectivity index (χ3n) is 3.70.